The molecule has 0 bridgehead atoms. The molecule has 1 aromatic heterocycles. The summed E-state index contributed by atoms with van der Waals surface area (Å²) in [4.78, 5) is 5.95. The maximum absolute atomic E-state index is 4.82. The van der Waals surface area contributed by atoms with E-state index >= 15 is 0 Å². The summed E-state index contributed by atoms with van der Waals surface area (Å²) >= 11 is 5.05. The second-order valence-electron chi connectivity index (χ2n) is 6.35. The number of benzene rings is 3. The molecular formula is C23H18BrN3S. The lowest BCUT2D eigenvalue weighted by Crippen LogP contribution is -1.90. The maximum Gasteiger partial charge on any atom is 0.204 e. The summed E-state index contributed by atoms with van der Waals surface area (Å²) in [7, 11) is 0. The number of aromatic nitrogens is 1. The van der Waals surface area contributed by atoms with E-state index < -0.39 is 0 Å². The Bertz CT molecular complexity index is 1090. The number of nitrogens with zero attached hydrogens (tertiary/aromatic N) is 2. The summed E-state index contributed by atoms with van der Waals surface area (Å²) in [5.74, 6) is 0. The first kappa shape index (κ1) is 18.6. The Hall–Kier alpha value is -2.76. The highest BCUT2D eigenvalue weighted by Gasteiger charge is 2.14. The van der Waals surface area contributed by atoms with E-state index in [-0.39, 0.29) is 0 Å². The van der Waals surface area contributed by atoms with Gasteiger partial charge in [-0.1, -0.05) is 99.6 Å². The number of rotatable bonds is 5. The van der Waals surface area contributed by atoms with Crippen molar-refractivity contribution in [3.63, 3.8) is 0 Å². The minimum Gasteiger partial charge on any atom is -0.253 e. The van der Waals surface area contributed by atoms with E-state index in [9.17, 15) is 0 Å². The average molecular weight is 448 g/mol. The number of halogens is 1. The molecule has 1 N–H and O–H groups in total. The predicted molar refractivity (Wildman–Crippen MR) is 123 cm³/mol. The zero-order valence-electron chi connectivity index (χ0n) is 15.3. The van der Waals surface area contributed by atoms with Crippen LogP contribution in [0.4, 0.5) is 5.13 Å². The van der Waals surface area contributed by atoms with Gasteiger partial charge in [0.2, 0.25) is 5.13 Å². The highest BCUT2D eigenvalue weighted by molar-refractivity contribution is 9.10. The molecule has 4 aromatic rings. The van der Waals surface area contributed by atoms with Crippen LogP contribution in [0.15, 0.2) is 88.4 Å². The quantitative estimate of drug-likeness (QED) is 0.264. The van der Waals surface area contributed by atoms with Crippen molar-refractivity contribution in [2.24, 2.45) is 5.10 Å². The number of hydrogen-bond donors (Lipinski definition) is 1. The summed E-state index contributed by atoms with van der Waals surface area (Å²) in [6.07, 6.45) is 1.79. The molecule has 0 amide bonds. The SMILES string of the molecule is Cc1ccc(-c2nc(N/N=C\c3ccc(Br)cc3)sc2-c2ccccc2)cc1. The van der Waals surface area contributed by atoms with Gasteiger partial charge in [-0.15, -0.1) is 0 Å². The van der Waals surface area contributed by atoms with E-state index in [0.717, 1.165) is 36.9 Å². The molecule has 5 heteroatoms. The molecule has 3 nitrogen and oxygen atoms in total. The van der Waals surface area contributed by atoms with Crippen LogP contribution in [0, 0.1) is 6.92 Å². The summed E-state index contributed by atoms with van der Waals surface area (Å²) in [5.41, 5.74) is 8.57. The monoisotopic (exact) mass is 447 g/mol. The Balaban J connectivity index is 1.65. The normalized spacial score (nSPS) is 11.1. The third-order valence-corrected chi connectivity index (χ3v) is 5.77. The Labute approximate surface area is 176 Å². The van der Waals surface area contributed by atoms with E-state index in [1.807, 2.05) is 42.5 Å². The van der Waals surface area contributed by atoms with Crippen molar-refractivity contribution in [1.82, 2.24) is 4.98 Å². The largest absolute Gasteiger partial charge is 0.253 e. The van der Waals surface area contributed by atoms with Crippen LogP contribution in [0.5, 0.6) is 0 Å². The maximum atomic E-state index is 4.82. The average Bonchev–Trinajstić information content (AvgIpc) is 3.15. The number of nitrogens with one attached hydrogen (secondary N) is 1. The van der Waals surface area contributed by atoms with Gasteiger partial charge in [0.15, 0.2) is 0 Å². The van der Waals surface area contributed by atoms with Gasteiger partial charge in [0.25, 0.3) is 0 Å². The number of anilines is 1. The van der Waals surface area contributed by atoms with Gasteiger partial charge in [0.1, 0.15) is 0 Å². The molecule has 0 atom stereocenters. The van der Waals surface area contributed by atoms with Crippen molar-refractivity contribution in [3.05, 3.63) is 94.5 Å². The zero-order chi connectivity index (χ0) is 19.3. The van der Waals surface area contributed by atoms with Crippen LogP contribution in [-0.2, 0) is 0 Å². The molecular weight excluding hydrogens is 430 g/mol. The molecule has 4 rings (SSSR count). The molecule has 138 valence electrons. The molecule has 0 fully saturated rings. The van der Waals surface area contributed by atoms with Crippen molar-refractivity contribution in [3.8, 4) is 21.7 Å². The molecule has 0 spiro atoms. The van der Waals surface area contributed by atoms with E-state index in [2.05, 4.69) is 69.8 Å². The van der Waals surface area contributed by atoms with E-state index in [0.29, 0.717) is 0 Å². The Morgan fingerprint density at radius 1 is 0.893 bits per heavy atom. The standard InChI is InChI=1S/C23H18BrN3S/c1-16-7-11-18(12-8-16)21-22(19-5-3-2-4-6-19)28-23(26-21)27-25-15-17-9-13-20(24)14-10-17/h2-15H,1H3,(H,26,27)/b25-15-. The van der Waals surface area contributed by atoms with Crippen LogP contribution < -0.4 is 5.43 Å². The first-order valence-corrected chi connectivity index (χ1v) is 10.5. The Kier molecular flexibility index (Phi) is 5.65. The van der Waals surface area contributed by atoms with Gasteiger partial charge < -0.3 is 0 Å². The van der Waals surface area contributed by atoms with E-state index in [4.69, 9.17) is 4.98 Å². The van der Waals surface area contributed by atoms with Gasteiger partial charge in [0.05, 0.1) is 16.8 Å². The molecule has 0 aliphatic heterocycles. The van der Waals surface area contributed by atoms with Crippen molar-refractivity contribution in [1.29, 1.82) is 0 Å². The lowest BCUT2D eigenvalue weighted by atomic mass is 10.1. The fraction of sp³-hybridized carbons (Fsp3) is 0.0435. The second kappa shape index (κ2) is 8.50. The molecule has 0 saturated heterocycles. The van der Waals surface area contributed by atoms with E-state index in [1.165, 1.54) is 5.56 Å². The fourth-order valence-corrected chi connectivity index (χ4v) is 3.98. The highest BCUT2D eigenvalue weighted by Crippen LogP contribution is 2.39. The third-order valence-electron chi connectivity index (χ3n) is 4.23. The first-order chi connectivity index (χ1) is 13.7. The zero-order valence-corrected chi connectivity index (χ0v) is 17.7. The van der Waals surface area contributed by atoms with Crippen LogP contribution in [0.3, 0.4) is 0 Å². The third kappa shape index (κ3) is 4.38. The van der Waals surface area contributed by atoms with Crippen LogP contribution >= 0.6 is 27.3 Å². The minimum absolute atomic E-state index is 0.766. The lowest BCUT2D eigenvalue weighted by molar-refractivity contribution is 1.29. The van der Waals surface area contributed by atoms with Gasteiger partial charge in [0, 0.05) is 10.0 Å². The van der Waals surface area contributed by atoms with Gasteiger partial charge in [-0.2, -0.15) is 5.10 Å². The summed E-state index contributed by atoms with van der Waals surface area (Å²) in [6, 6.07) is 26.8. The van der Waals surface area contributed by atoms with Crippen molar-refractivity contribution >= 4 is 38.6 Å². The molecule has 0 saturated carbocycles. The van der Waals surface area contributed by atoms with Gasteiger partial charge >= 0.3 is 0 Å². The minimum atomic E-state index is 0.766. The molecule has 28 heavy (non-hydrogen) atoms. The Morgan fingerprint density at radius 2 is 1.61 bits per heavy atom. The number of thiazole rings is 1. The van der Waals surface area contributed by atoms with Crippen LogP contribution in [-0.4, -0.2) is 11.2 Å². The predicted octanol–water partition coefficient (Wildman–Crippen LogP) is 6.99. The molecule has 0 unspecified atom stereocenters. The molecule has 3 aromatic carbocycles. The molecule has 0 aliphatic carbocycles. The van der Waals surface area contributed by atoms with E-state index in [1.54, 1.807) is 17.6 Å². The number of hydrazone groups is 1. The van der Waals surface area contributed by atoms with Crippen molar-refractivity contribution < 1.29 is 0 Å². The molecule has 1 heterocycles. The Morgan fingerprint density at radius 3 is 2.32 bits per heavy atom. The summed E-state index contributed by atoms with van der Waals surface area (Å²) < 4.78 is 1.05. The second-order valence-corrected chi connectivity index (χ2v) is 8.27. The van der Waals surface area contributed by atoms with Crippen LogP contribution in [0.1, 0.15) is 11.1 Å². The fourth-order valence-electron chi connectivity index (χ4n) is 2.77. The first-order valence-electron chi connectivity index (χ1n) is 8.87. The van der Waals surface area contributed by atoms with Gasteiger partial charge in [-0.3, -0.25) is 5.43 Å². The number of aryl methyl sites for hydroxylation is 1. The highest BCUT2D eigenvalue weighted by atomic mass is 79.9. The van der Waals surface area contributed by atoms with Crippen molar-refractivity contribution in [2.75, 3.05) is 5.43 Å². The van der Waals surface area contributed by atoms with Gasteiger partial charge in [-0.05, 0) is 30.2 Å². The van der Waals surface area contributed by atoms with Crippen LogP contribution in [0.2, 0.25) is 0 Å². The summed E-state index contributed by atoms with van der Waals surface area (Å²) in [5, 5.41) is 5.12. The topological polar surface area (TPSA) is 37.3 Å². The van der Waals surface area contributed by atoms with Crippen molar-refractivity contribution in [2.45, 2.75) is 6.92 Å². The smallest absolute Gasteiger partial charge is 0.204 e. The van der Waals surface area contributed by atoms with Crippen LogP contribution in [0.25, 0.3) is 21.7 Å². The summed E-state index contributed by atoms with van der Waals surface area (Å²) in [6.45, 7) is 2.09. The van der Waals surface area contributed by atoms with Gasteiger partial charge in [-0.25, -0.2) is 4.98 Å². The number of hydrogen-bond acceptors (Lipinski definition) is 4. The lowest BCUT2D eigenvalue weighted by Gasteiger charge is -2.03. The molecule has 0 aliphatic rings. The molecule has 0 radical (unpaired) electrons.